The number of benzene rings is 1. The maximum atomic E-state index is 12.0. The van der Waals surface area contributed by atoms with Crippen molar-refractivity contribution in [2.45, 2.75) is 11.4 Å². The fraction of sp³-hybridized carbons (Fsp3) is 0.125. The van der Waals surface area contributed by atoms with Gasteiger partial charge in [0.05, 0.1) is 16.4 Å². The minimum absolute atomic E-state index is 0.136. The van der Waals surface area contributed by atoms with Gasteiger partial charge >= 0.3 is 0 Å². The van der Waals surface area contributed by atoms with Crippen LogP contribution >= 0.6 is 11.6 Å². The van der Waals surface area contributed by atoms with Gasteiger partial charge in [-0.1, -0.05) is 16.8 Å². The van der Waals surface area contributed by atoms with Crippen LogP contribution in [0.4, 0.5) is 5.69 Å². The van der Waals surface area contributed by atoms with Crippen LogP contribution in [0.2, 0.25) is 5.02 Å². The van der Waals surface area contributed by atoms with Gasteiger partial charge in [0, 0.05) is 6.07 Å². The van der Waals surface area contributed by atoms with Crippen LogP contribution < -0.4 is 4.72 Å². The van der Waals surface area contributed by atoms with Crippen LogP contribution in [0.5, 0.6) is 0 Å². The molecule has 0 aliphatic carbocycles. The number of nitro benzene ring substituents is 1. The average molecular weight is 319 g/mol. The average Bonchev–Trinajstić information content (AvgIpc) is 2.89. The predicted molar refractivity (Wildman–Crippen MR) is 66.3 cm³/mol. The Morgan fingerprint density at radius 1 is 1.45 bits per heavy atom. The van der Waals surface area contributed by atoms with Crippen LogP contribution in [-0.2, 0) is 16.6 Å². The Kier molecular flexibility index (Phi) is 3.92. The van der Waals surface area contributed by atoms with Crippen LogP contribution in [0.15, 0.2) is 23.1 Å². The van der Waals surface area contributed by atoms with Gasteiger partial charge in [0.1, 0.15) is 5.02 Å². The predicted octanol–water partition coefficient (Wildman–Crippen LogP) is 0.240. The standard InChI is InChI=1S/C8H7ClN6O4S/c9-6-2-1-5(3-7(6)15(16)17)20(18,19)10-4-8-11-13-14-12-8/h1-3,10H,4H2,(H,11,12,13,14). The normalized spacial score (nSPS) is 11.4. The van der Waals surface area contributed by atoms with Gasteiger partial charge < -0.3 is 0 Å². The molecule has 12 heteroatoms. The number of aromatic amines is 1. The zero-order chi connectivity index (χ0) is 14.8. The van der Waals surface area contributed by atoms with Gasteiger partial charge in [-0.15, -0.1) is 10.2 Å². The van der Waals surface area contributed by atoms with Crippen LogP contribution in [0.25, 0.3) is 0 Å². The summed E-state index contributed by atoms with van der Waals surface area (Å²) in [7, 11) is -3.94. The molecule has 0 saturated heterocycles. The summed E-state index contributed by atoms with van der Waals surface area (Å²) in [5, 5.41) is 23.1. The van der Waals surface area contributed by atoms with Crippen molar-refractivity contribution in [1.82, 2.24) is 25.3 Å². The molecule has 106 valence electrons. The molecule has 0 radical (unpaired) electrons. The molecule has 0 amide bonds. The van der Waals surface area contributed by atoms with E-state index in [4.69, 9.17) is 11.6 Å². The van der Waals surface area contributed by atoms with Crippen molar-refractivity contribution in [2.75, 3.05) is 0 Å². The van der Waals surface area contributed by atoms with Gasteiger partial charge in [0.15, 0.2) is 5.82 Å². The van der Waals surface area contributed by atoms with Gasteiger partial charge in [0.2, 0.25) is 10.0 Å². The van der Waals surface area contributed by atoms with E-state index >= 15 is 0 Å². The molecule has 2 rings (SSSR count). The molecule has 0 fully saturated rings. The lowest BCUT2D eigenvalue weighted by Crippen LogP contribution is -2.24. The lowest BCUT2D eigenvalue weighted by atomic mass is 10.3. The largest absolute Gasteiger partial charge is 0.289 e. The lowest BCUT2D eigenvalue weighted by molar-refractivity contribution is -0.384. The molecular weight excluding hydrogens is 312 g/mol. The second-order valence-electron chi connectivity index (χ2n) is 3.52. The Bertz CT molecular complexity index is 731. The molecule has 2 aromatic rings. The molecule has 0 aliphatic heterocycles. The van der Waals surface area contributed by atoms with Crippen LogP contribution in [-0.4, -0.2) is 34.0 Å². The van der Waals surface area contributed by atoms with Crippen molar-refractivity contribution in [3.63, 3.8) is 0 Å². The highest BCUT2D eigenvalue weighted by Crippen LogP contribution is 2.26. The van der Waals surface area contributed by atoms with Gasteiger partial charge in [-0.05, 0) is 12.1 Å². The third-order valence-corrected chi connectivity index (χ3v) is 3.95. The number of hydrogen-bond acceptors (Lipinski definition) is 7. The Labute approximate surface area is 117 Å². The summed E-state index contributed by atoms with van der Waals surface area (Å²) in [6.07, 6.45) is 0. The minimum Gasteiger partial charge on any atom is -0.258 e. The van der Waals surface area contributed by atoms with Crippen LogP contribution in [0.3, 0.4) is 0 Å². The van der Waals surface area contributed by atoms with E-state index in [0.717, 1.165) is 18.2 Å². The zero-order valence-electron chi connectivity index (χ0n) is 9.65. The summed E-state index contributed by atoms with van der Waals surface area (Å²) in [5.41, 5.74) is -0.492. The van der Waals surface area contributed by atoms with Gasteiger partial charge in [-0.25, -0.2) is 13.1 Å². The summed E-state index contributed by atoms with van der Waals surface area (Å²) in [4.78, 5) is 9.68. The molecule has 0 saturated carbocycles. The second kappa shape index (κ2) is 5.48. The second-order valence-corrected chi connectivity index (χ2v) is 5.70. The molecule has 0 spiro atoms. The summed E-state index contributed by atoms with van der Waals surface area (Å²) in [6, 6.07) is 3.18. The number of rotatable bonds is 5. The van der Waals surface area contributed by atoms with E-state index in [-0.39, 0.29) is 22.3 Å². The molecule has 0 aliphatic rings. The van der Waals surface area contributed by atoms with E-state index in [0.29, 0.717) is 0 Å². The Hall–Kier alpha value is -2.11. The van der Waals surface area contributed by atoms with Crippen molar-refractivity contribution in [3.8, 4) is 0 Å². The highest BCUT2D eigenvalue weighted by Gasteiger charge is 2.20. The highest BCUT2D eigenvalue weighted by atomic mass is 35.5. The van der Waals surface area contributed by atoms with Gasteiger partial charge in [-0.2, -0.15) is 5.21 Å². The van der Waals surface area contributed by atoms with Crippen molar-refractivity contribution in [3.05, 3.63) is 39.2 Å². The van der Waals surface area contributed by atoms with Crippen LogP contribution in [0, 0.1) is 10.1 Å². The molecular formula is C8H7ClN6O4S. The topological polar surface area (TPSA) is 144 Å². The fourth-order valence-corrected chi connectivity index (χ4v) is 2.49. The number of halogens is 1. The summed E-state index contributed by atoms with van der Waals surface area (Å²) < 4.78 is 26.1. The molecule has 1 aromatic heterocycles. The van der Waals surface area contributed by atoms with Gasteiger partial charge in [-0.3, -0.25) is 10.1 Å². The minimum atomic E-state index is -3.94. The van der Waals surface area contributed by atoms with E-state index in [2.05, 4.69) is 25.3 Å². The van der Waals surface area contributed by atoms with Crippen molar-refractivity contribution in [1.29, 1.82) is 0 Å². The first-order chi connectivity index (χ1) is 9.40. The number of nitrogens with zero attached hydrogens (tertiary/aromatic N) is 4. The number of tetrazole rings is 1. The van der Waals surface area contributed by atoms with Crippen molar-refractivity contribution in [2.24, 2.45) is 0 Å². The SMILES string of the molecule is O=[N+]([O-])c1cc(S(=O)(=O)NCc2nn[nH]n2)ccc1Cl. The molecule has 0 bridgehead atoms. The summed E-state index contributed by atoms with van der Waals surface area (Å²) >= 11 is 5.61. The lowest BCUT2D eigenvalue weighted by Gasteiger charge is -2.05. The number of nitro groups is 1. The Morgan fingerprint density at radius 2 is 2.20 bits per heavy atom. The molecule has 20 heavy (non-hydrogen) atoms. The smallest absolute Gasteiger partial charge is 0.258 e. The zero-order valence-corrected chi connectivity index (χ0v) is 11.2. The number of hydrogen-bond donors (Lipinski definition) is 2. The summed E-state index contributed by atoms with van der Waals surface area (Å²) in [5.74, 6) is 0.136. The van der Waals surface area contributed by atoms with E-state index in [1.54, 1.807) is 0 Å². The van der Waals surface area contributed by atoms with E-state index in [9.17, 15) is 18.5 Å². The maximum Gasteiger partial charge on any atom is 0.289 e. The number of sulfonamides is 1. The first kappa shape index (κ1) is 14.3. The fourth-order valence-electron chi connectivity index (χ4n) is 1.30. The van der Waals surface area contributed by atoms with Gasteiger partial charge in [0.25, 0.3) is 5.69 Å². The molecule has 1 heterocycles. The number of nitrogens with one attached hydrogen (secondary N) is 2. The number of aromatic nitrogens is 4. The molecule has 0 unspecified atom stereocenters. The third-order valence-electron chi connectivity index (χ3n) is 2.23. The van der Waals surface area contributed by atoms with E-state index in [1.165, 1.54) is 0 Å². The quantitative estimate of drug-likeness (QED) is 0.593. The molecule has 0 atom stereocenters. The van der Waals surface area contributed by atoms with Crippen LogP contribution in [0.1, 0.15) is 5.82 Å². The molecule has 2 N–H and O–H groups in total. The first-order valence-electron chi connectivity index (χ1n) is 5.06. The molecule has 10 nitrogen and oxygen atoms in total. The monoisotopic (exact) mass is 318 g/mol. The van der Waals surface area contributed by atoms with E-state index in [1.807, 2.05) is 0 Å². The Morgan fingerprint density at radius 3 is 2.80 bits per heavy atom. The first-order valence-corrected chi connectivity index (χ1v) is 6.92. The van der Waals surface area contributed by atoms with Crippen molar-refractivity contribution < 1.29 is 13.3 Å². The third kappa shape index (κ3) is 3.07. The van der Waals surface area contributed by atoms with Crippen molar-refractivity contribution >= 4 is 27.3 Å². The Balaban J connectivity index is 2.25. The van der Waals surface area contributed by atoms with E-state index < -0.39 is 20.6 Å². The maximum absolute atomic E-state index is 12.0. The number of H-pyrrole nitrogens is 1. The summed E-state index contributed by atoms with van der Waals surface area (Å²) in [6.45, 7) is -0.199. The molecule has 1 aromatic carbocycles. The highest BCUT2D eigenvalue weighted by molar-refractivity contribution is 7.89.